The Morgan fingerprint density at radius 1 is 0.364 bits per heavy atom. The molecule has 0 aliphatic carbocycles. The average molecular weight is 706 g/mol. The van der Waals surface area contributed by atoms with Gasteiger partial charge in [-0.2, -0.15) is 0 Å². The highest BCUT2D eigenvalue weighted by Crippen LogP contribution is 2.45. The first-order chi connectivity index (χ1) is 27.3. The van der Waals surface area contributed by atoms with Gasteiger partial charge in [-0.25, -0.2) is 15.0 Å². The Bertz CT molecular complexity index is 3210. The predicted octanol–water partition coefficient (Wildman–Crippen LogP) is 13.0. The Kier molecular flexibility index (Phi) is 7.17. The van der Waals surface area contributed by atoms with E-state index in [0.29, 0.717) is 17.5 Å². The van der Waals surface area contributed by atoms with Crippen LogP contribution in [0.5, 0.6) is 0 Å². The molecule has 5 nitrogen and oxygen atoms in total. The van der Waals surface area contributed by atoms with Crippen molar-refractivity contribution in [2.24, 2.45) is 0 Å². The molecule has 11 aromatic rings. The van der Waals surface area contributed by atoms with Crippen LogP contribution < -0.4 is 0 Å². The van der Waals surface area contributed by atoms with Crippen LogP contribution in [0.1, 0.15) is 22.6 Å². The maximum Gasteiger partial charge on any atom is 0.164 e. The lowest BCUT2D eigenvalue weighted by atomic mass is 9.83. The van der Waals surface area contributed by atoms with Gasteiger partial charge in [0.25, 0.3) is 0 Å². The number of aromatic nitrogens is 3. The summed E-state index contributed by atoms with van der Waals surface area (Å²) in [7, 11) is 0. The summed E-state index contributed by atoms with van der Waals surface area (Å²) < 4.78 is 13.6. The molecule has 0 bridgehead atoms. The molecule has 0 aliphatic heterocycles. The van der Waals surface area contributed by atoms with E-state index in [1.807, 2.05) is 54.6 Å². The summed E-state index contributed by atoms with van der Waals surface area (Å²) >= 11 is 0. The molecule has 0 fully saturated rings. The van der Waals surface area contributed by atoms with Crippen molar-refractivity contribution in [3.63, 3.8) is 0 Å². The lowest BCUT2D eigenvalue weighted by Crippen LogP contribution is -2.04. The maximum absolute atomic E-state index is 6.93. The zero-order valence-electron chi connectivity index (χ0n) is 29.6. The summed E-state index contributed by atoms with van der Waals surface area (Å²) in [5, 5.41) is 6.37. The first kappa shape index (κ1) is 31.2. The number of fused-ring (bicyclic) bond motifs is 7. The summed E-state index contributed by atoms with van der Waals surface area (Å²) in [6.07, 6.45) is 0. The van der Waals surface area contributed by atoms with Gasteiger partial charge in [-0.1, -0.05) is 170 Å². The molecule has 0 amide bonds. The van der Waals surface area contributed by atoms with Gasteiger partial charge >= 0.3 is 0 Å². The minimum Gasteiger partial charge on any atom is -0.456 e. The van der Waals surface area contributed by atoms with Gasteiger partial charge in [0.05, 0.1) is 0 Å². The van der Waals surface area contributed by atoms with Crippen molar-refractivity contribution in [3.8, 4) is 34.2 Å². The van der Waals surface area contributed by atoms with Crippen molar-refractivity contribution < 1.29 is 8.83 Å². The van der Waals surface area contributed by atoms with Crippen LogP contribution in [0, 0.1) is 0 Å². The number of hydrogen-bond donors (Lipinski definition) is 0. The quantitative estimate of drug-likeness (QED) is 0.161. The highest BCUT2D eigenvalue weighted by atomic mass is 16.3. The van der Waals surface area contributed by atoms with Gasteiger partial charge in [0.1, 0.15) is 22.3 Å². The van der Waals surface area contributed by atoms with Crippen LogP contribution >= 0.6 is 0 Å². The van der Waals surface area contributed by atoms with Crippen LogP contribution in [0.4, 0.5) is 0 Å². The number of rotatable bonds is 6. The van der Waals surface area contributed by atoms with Crippen LogP contribution in [0.15, 0.2) is 191 Å². The summed E-state index contributed by atoms with van der Waals surface area (Å²) in [5.74, 6) is 1.65. The first-order valence-electron chi connectivity index (χ1n) is 18.5. The van der Waals surface area contributed by atoms with E-state index in [2.05, 4.69) is 127 Å². The molecule has 0 aliphatic rings. The second kappa shape index (κ2) is 12.6. The van der Waals surface area contributed by atoms with Crippen LogP contribution in [-0.2, 0) is 0 Å². The highest BCUT2D eigenvalue weighted by molar-refractivity contribution is 6.13. The highest BCUT2D eigenvalue weighted by Gasteiger charge is 2.27. The van der Waals surface area contributed by atoms with E-state index in [4.69, 9.17) is 23.8 Å². The van der Waals surface area contributed by atoms with Crippen molar-refractivity contribution in [2.45, 2.75) is 5.92 Å². The van der Waals surface area contributed by atoms with Gasteiger partial charge in [0.2, 0.25) is 0 Å². The third-order valence-electron chi connectivity index (χ3n) is 10.7. The van der Waals surface area contributed by atoms with Gasteiger partial charge in [0, 0.05) is 55.3 Å². The summed E-state index contributed by atoms with van der Waals surface area (Å²) in [5.41, 5.74) is 9.37. The van der Waals surface area contributed by atoms with Crippen molar-refractivity contribution in [1.29, 1.82) is 0 Å². The molecule has 1 atom stereocenters. The van der Waals surface area contributed by atoms with E-state index >= 15 is 0 Å². The fourth-order valence-electron chi connectivity index (χ4n) is 8.21. The third kappa shape index (κ3) is 5.12. The van der Waals surface area contributed by atoms with Crippen LogP contribution in [-0.4, -0.2) is 15.0 Å². The predicted molar refractivity (Wildman–Crippen MR) is 222 cm³/mol. The van der Waals surface area contributed by atoms with Gasteiger partial charge < -0.3 is 8.83 Å². The largest absolute Gasteiger partial charge is 0.456 e. The van der Waals surface area contributed by atoms with Gasteiger partial charge in [-0.15, -0.1) is 0 Å². The zero-order chi connectivity index (χ0) is 36.3. The second-order valence-electron chi connectivity index (χ2n) is 13.9. The molecule has 3 aromatic heterocycles. The minimum absolute atomic E-state index is 0.169. The maximum atomic E-state index is 6.93. The molecule has 0 radical (unpaired) electrons. The fraction of sp³-hybridized carbons (Fsp3) is 0.0200. The molecule has 0 N–H and O–H groups in total. The Morgan fingerprint density at radius 2 is 0.891 bits per heavy atom. The molecule has 3 heterocycles. The molecule has 0 spiro atoms. The van der Waals surface area contributed by atoms with Gasteiger partial charge in [-0.3, -0.25) is 0 Å². The first-order valence-corrected chi connectivity index (χ1v) is 18.5. The monoisotopic (exact) mass is 705 g/mol. The standard InChI is InChI=1S/C50H31N3O2/c1-3-16-32(17-4-1)44(38-25-12-23-36-35-22-9-10-29-42(35)54-46(36)38)39-26-13-27-40-45-41(28-14-30-43(45)55-47(39)40)50-52-48(33-18-5-2-6-19-33)51-49(53-50)37-24-11-20-31-15-7-8-21-34(31)37/h1-30,44H. The zero-order valence-corrected chi connectivity index (χ0v) is 29.6. The Labute approximate surface area is 316 Å². The number of nitrogens with zero attached hydrogens (tertiary/aromatic N) is 3. The molecule has 8 aromatic carbocycles. The molecule has 1 unspecified atom stereocenters. The number of benzene rings is 8. The summed E-state index contributed by atoms with van der Waals surface area (Å²) in [6, 6.07) is 62.6. The minimum atomic E-state index is -0.169. The molecular formula is C50H31N3O2. The number of para-hydroxylation sites is 3. The van der Waals surface area contributed by atoms with E-state index in [9.17, 15) is 0 Å². The SMILES string of the molecule is c1ccc(-c2nc(-c3cccc4ccccc34)nc(-c3cccc4oc5c(C(c6ccccc6)c6cccc7c6oc6ccccc67)cccc5c34)n2)cc1. The lowest BCUT2D eigenvalue weighted by molar-refractivity contribution is 0.653. The molecule has 55 heavy (non-hydrogen) atoms. The smallest absolute Gasteiger partial charge is 0.164 e. The Morgan fingerprint density at radius 3 is 1.71 bits per heavy atom. The normalized spacial score (nSPS) is 12.3. The molecular weight excluding hydrogens is 675 g/mol. The van der Waals surface area contributed by atoms with Gasteiger partial charge in [-0.05, 0) is 28.5 Å². The van der Waals surface area contributed by atoms with Crippen LogP contribution in [0.25, 0.3) is 88.8 Å². The van der Waals surface area contributed by atoms with Crippen molar-refractivity contribution in [2.75, 3.05) is 0 Å². The Hall–Kier alpha value is -7.37. The Balaban J connectivity index is 1.16. The lowest BCUT2D eigenvalue weighted by Gasteiger charge is -2.19. The van der Waals surface area contributed by atoms with Crippen molar-refractivity contribution in [3.05, 3.63) is 199 Å². The fourth-order valence-corrected chi connectivity index (χ4v) is 8.21. The van der Waals surface area contributed by atoms with Gasteiger partial charge in [0.15, 0.2) is 17.5 Å². The number of furan rings is 2. The third-order valence-corrected chi connectivity index (χ3v) is 10.7. The van der Waals surface area contributed by atoms with E-state index in [-0.39, 0.29) is 5.92 Å². The molecule has 5 heteroatoms. The van der Waals surface area contributed by atoms with Crippen LogP contribution in [0.2, 0.25) is 0 Å². The van der Waals surface area contributed by atoms with Crippen molar-refractivity contribution >= 4 is 54.6 Å². The molecule has 258 valence electrons. The molecule has 0 saturated heterocycles. The van der Waals surface area contributed by atoms with E-state index in [1.165, 1.54) is 0 Å². The average Bonchev–Trinajstić information content (AvgIpc) is 3.84. The molecule has 11 rings (SSSR count). The topological polar surface area (TPSA) is 65.0 Å². The summed E-state index contributed by atoms with van der Waals surface area (Å²) in [4.78, 5) is 15.4. The number of hydrogen-bond acceptors (Lipinski definition) is 5. The van der Waals surface area contributed by atoms with Crippen LogP contribution in [0.3, 0.4) is 0 Å². The van der Waals surface area contributed by atoms with Crippen molar-refractivity contribution in [1.82, 2.24) is 15.0 Å². The molecule has 0 saturated carbocycles. The van der Waals surface area contributed by atoms with E-state index in [0.717, 1.165) is 88.0 Å². The summed E-state index contributed by atoms with van der Waals surface area (Å²) in [6.45, 7) is 0. The second-order valence-corrected chi connectivity index (χ2v) is 13.9. The van der Waals surface area contributed by atoms with E-state index < -0.39 is 0 Å². The van der Waals surface area contributed by atoms with E-state index in [1.54, 1.807) is 0 Å².